The Morgan fingerprint density at radius 1 is 1.56 bits per heavy atom. The van der Waals surface area contributed by atoms with Gasteiger partial charge in [-0.25, -0.2) is 4.98 Å². The van der Waals surface area contributed by atoms with Gasteiger partial charge >= 0.3 is 0 Å². The first-order valence-corrected chi connectivity index (χ1v) is 5.87. The fourth-order valence-electron chi connectivity index (χ4n) is 2.05. The second kappa shape index (κ2) is 5.16. The summed E-state index contributed by atoms with van der Waals surface area (Å²) < 4.78 is 5.32. The van der Waals surface area contributed by atoms with Crippen molar-refractivity contribution in [1.82, 2.24) is 4.98 Å². The van der Waals surface area contributed by atoms with Gasteiger partial charge in [-0.15, -0.1) is 0 Å². The lowest BCUT2D eigenvalue weighted by Crippen LogP contribution is -2.22. The van der Waals surface area contributed by atoms with Crippen LogP contribution in [0.3, 0.4) is 0 Å². The number of ether oxygens (including phenoxy) is 1. The lowest BCUT2D eigenvalue weighted by Gasteiger charge is -2.18. The molecule has 0 spiro atoms. The highest BCUT2D eigenvalue weighted by atomic mass is 16.5. The molecule has 1 saturated heterocycles. The molecule has 0 amide bonds. The molecule has 0 radical (unpaired) electrons. The molecule has 1 aliphatic heterocycles. The van der Waals surface area contributed by atoms with Gasteiger partial charge in [0.1, 0.15) is 0 Å². The molecule has 16 heavy (non-hydrogen) atoms. The van der Waals surface area contributed by atoms with Crippen LogP contribution in [-0.4, -0.2) is 31.2 Å². The summed E-state index contributed by atoms with van der Waals surface area (Å²) in [5.41, 5.74) is 6.84. The molecule has 1 fully saturated rings. The number of aromatic nitrogens is 1. The number of anilines is 1. The van der Waals surface area contributed by atoms with Crippen LogP contribution in [0.4, 0.5) is 5.69 Å². The van der Waals surface area contributed by atoms with Crippen molar-refractivity contribution in [2.24, 2.45) is 11.7 Å². The molecule has 1 aromatic heterocycles. The summed E-state index contributed by atoms with van der Waals surface area (Å²) in [6.07, 6.45) is 3.06. The van der Waals surface area contributed by atoms with E-state index in [4.69, 9.17) is 10.5 Å². The van der Waals surface area contributed by atoms with Crippen LogP contribution in [0.25, 0.3) is 0 Å². The third-order valence-corrected chi connectivity index (χ3v) is 3.00. The minimum atomic E-state index is 0.631. The van der Waals surface area contributed by atoms with Crippen molar-refractivity contribution in [3.63, 3.8) is 0 Å². The minimum Gasteiger partial charge on any atom is -0.478 e. The predicted octanol–water partition coefficient (Wildman–Crippen LogP) is 1.27. The minimum absolute atomic E-state index is 0.631. The van der Waals surface area contributed by atoms with Crippen LogP contribution in [0.15, 0.2) is 18.3 Å². The summed E-state index contributed by atoms with van der Waals surface area (Å²) >= 11 is 0. The van der Waals surface area contributed by atoms with Crippen molar-refractivity contribution in [2.45, 2.75) is 13.3 Å². The Balaban J connectivity index is 1.99. The fraction of sp³-hybridized carbons (Fsp3) is 0.583. The van der Waals surface area contributed by atoms with Crippen LogP contribution in [0.5, 0.6) is 5.88 Å². The van der Waals surface area contributed by atoms with Crippen molar-refractivity contribution in [1.29, 1.82) is 0 Å². The topological polar surface area (TPSA) is 51.4 Å². The summed E-state index contributed by atoms with van der Waals surface area (Å²) in [4.78, 5) is 6.60. The number of hydrogen-bond donors (Lipinski definition) is 1. The van der Waals surface area contributed by atoms with Gasteiger partial charge in [-0.05, 0) is 31.9 Å². The Morgan fingerprint density at radius 3 is 3.00 bits per heavy atom. The normalized spacial score (nSPS) is 20.1. The van der Waals surface area contributed by atoms with Gasteiger partial charge < -0.3 is 15.4 Å². The lowest BCUT2D eigenvalue weighted by atomic mass is 10.1. The van der Waals surface area contributed by atoms with Gasteiger partial charge in [0.05, 0.1) is 18.5 Å². The van der Waals surface area contributed by atoms with Crippen LogP contribution >= 0.6 is 0 Å². The molecule has 4 nitrogen and oxygen atoms in total. The van der Waals surface area contributed by atoms with E-state index in [9.17, 15) is 0 Å². The highest BCUT2D eigenvalue weighted by molar-refractivity contribution is 5.46. The maximum atomic E-state index is 5.68. The van der Waals surface area contributed by atoms with Crippen molar-refractivity contribution in [3.8, 4) is 5.88 Å². The predicted molar refractivity (Wildman–Crippen MR) is 64.8 cm³/mol. The van der Waals surface area contributed by atoms with Gasteiger partial charge in [-0.1, -0.05) is 0 Å². The van der Waals surface area contributed by atoms with E-state index in [0.29, 0.717) is 18.4 Å². The summed E-state index contributed by atoms with van der Waals surface area (Å²) in [7, 11) is 0. The second-order valence-corrected chi connectivity index (χ2v) is 4.12. The van der Waals surface area contributed by atoms with E-state index in [1.54, 1.807) is 0 Å². The standard InChI is InChI=1S/C12H19N3O/c1-2-16-12-4-3-11(8-14-12)15-6-5-10(7-13)9-15/h3-4,8,10H,2,5-7,9,13H2,1H3. The number of nitrogens with two attached hydrogens (primary N) is 1. The van der Waals surface area contributed by atoms with Crippen molar-refractivity contribution in [2.75, 3.05) is 31.1 Å². The molecule has 0 bridgehead atoms. The molecule has 2 N–H and O–H groups in total. The lowest BCUT2D eigenvalue weighted by molar-refractivity contribution is 0.327. The van der Waals surface area contributed by atoms with E-state index in [1.165, 1.54) is 12.1 Å². The zero-order chi connectivity index (χ0) is 11.4. The molecular formula is C12H19N3O. The summed E-state index contributed by atoms with van der Waals surface area (Å²) in [6, 6.07) is 3.99. The van der Waals surface area contributed by atoms with Gasteiger partial charge in [0.15, 0.2) is 0 Å². The largest absolute Gasteiger partial charge is 0.478 e. The third-order valence-electron chi connectivity index (χ3n) is 3.00. The van der Waals surface area contributed by atoms with Crippen molar-refractivity contribution in [3.05, 3.63) is 18.3 Å². The van der Waals surface area contributed by atoms with E-state index < -0.39 is 0 Å². The number of hydrogen-bond acceptors (Lipinski definition) is 4. The molecule has 1 aromatic rings. The molecule has 0 saturated carbocycles. The molecule has 4 heteroatoms. The maximum absolute atomic E-state index is 5.68. The van der Waals surface area contributed by atoms with E-state index >= 15 is 0 Å². The van der Waals surface area contributed by atoms with Crippen molar-refractivity contribution < 1.29 is 4.74 Å². The molecule has 1 aliphatic rings. The van der Waals surface area contributed by atoms with Crippen LogP contribution in [0.1, 0.15) is 13.3 Å². The smallest absolute Gasteiger partial charge is 0.213 e. The van der Waals surface area contributed by atoms with Crippen LogP contribution in [-0.2, 0) is 0 Å². The van der Waals surface area contributed by atoms with Gasteiger partial charge in [0.2, 0.25) is 5.88 Å². The SMILES string of the molecule is CCOc1ccc(N2CCC(CN)C2)cn1. The second-order valence-electron chi connectivity index (χ2n) is 4.12. The van der Waals surface area contributed by atoms with E-state index in [1.807, 2.05) is 19.2 Å². The zero-order valence-corrected chi connectivity index (χ0v) is 9.72. The van der Waals surface area contributed by atoms with E-state index in [2.05, 4.69) is 16.0 Å². The molecule has 2 heterocycles. The molecule has 0 aromatic carbocycles. The summed E-state index contributed by atoms with van der Waals surface area (Å²) in [6.45, 7) is 5.53. The Kier molecular flexibility index (Phi) is 3.62. The first-order valence-electron chi connectivity index (χ1n) is 5.87. The summed E-state index contributed by atoms with van der Waals surface area (Å²) in [5, 5.41) is 0. The fourth-order valence-corrected chi connectivity index (χ4v) is 2.05. The molecule has 1 atom stereocenters. The van der Waals surface area contributed by atoms with E-state index in [-0.39, 0.29) is 0 Å². The van der Waals surface area contributed by atoms with Crippen LogP contribution in [0.2, 0.25) is 0 Å². The number of pyridine rings is 1. The first-order chi connectivity index (χ1) is 7.83. The quantitative estimate of drug-likeness (QED) is 0.831. The van der Waals surface area contributed by atoms with Crippen molar-refractivity contribution >= 4 is 5.69 Å². The van der Waals surface area contributed by atoms with Crippen LogP contribution < -0.4 is 15.4 Å². The first kappa shape index (κ1) is 11.2. The van der Waals surface area contributed by atoms with Gasteiger partial charge in [-0.2, -0.15) is 0 Å². The highest BCUT2D eigenvalue weighted by Gasteiger charge is 2.21. The Bertz CT molecular complexity index is 326. The zero-order valence-electron chi connectivity index (χ0n) is 9.72. The van der Waals surface area contributed by atoms with Crippen LogP contribution in [0, 0.1) is 5.92 Å². The molecule has 1 unspecified atom stereocenters. The Hall–Kier alpha value is -1.29. The molecular weight excluding hydrogens is 202 g/mol. The average Bonchev–Trinajstić information content (AvgIpc) is 2.79. The average molecular weight is 221 g/mol. The molecule has 88 valence electrons. The highest BCUT2D eigenvalue weighted by Crippen LogP contribution is 2.23. The molecule has 2 rings (SSSR count). The third kappa shape index (κ3) is 2.44. The number of nitrogens with zero attached hydrogens (tertiary/aromatic N) is 2. The monoisotopic (exact) mass is 221 g/mol. The van der Waals surface area contributed by atoms with Gasteiger partial charge in [-0.3, -0.25) is 0 Å². The molecule has 0 aliphatic carbocycles. The van der Waals surface area contributed by atoms with Gasteiger partial charge in [0, 0.05) is 19.2 Å². The summed E-state index contributed by atoms with van der Waals surface area (Å²) in [5.74, 6) is 1.33. The van der Waals surface area contributed by atoms with Gasteiger partial charge in [0.25, 0.3) is 0 Å². The van der Waals surface area contributed by atoms with E-state index in [0.717, 1.165) is 19.6 Å². The Morgan fingerprint density at radius 2 is 2.44 bits per heavy atom. The Labute approximate surface area is 96.4 Å². The maximum Gasteiger partial charge on any atom is 0.213 e. The number of rotatable bonds is 4.